The zero-order valence-electron chi connectivity index (χ0n) is 9.55. The highest BCUT2D eigenvalue weighted by Crippen LogP contribution is 2.31. The molecule has 0 fully saturated rings. The predicted molar refractivity (Wildman–Crippen MR) is 70.9 cm³/mol. The van der Waals surface area contributed by atoms with Crippen molar-refractivity contribution in [3.63, 3.8) is 0 Å². The molecule has 90 valence electrons. The van der Waals surface area contributed by atoms with Gasteiger partial charge in [-0.15, -0.1) is 0 Å². The number of rotatable bonds is 3. The van der Waals surface area contributed by atoms with Gasteiger partial charge in [0.2, 0.25) is 0 Å². The summed E-state index contributed by atoms with van der Waals surface area (Å²) >= 11 is 4.53. The quantitative estimate of drug-likeness (QED) is 0.624. The molecule has 2 rings (SSSR count). The summed E-state index contributed by atoms with van der Waals surface area (Å²) in [5, 5.41) is 2.25. The second kappa shape index (κ2) is 5.49. The Morgan fingerprint density at radius 2 is 2.17 bits per heavy atom. The van der Waals surface area contributed by atoms with Crippen molar-refractivity contribution in [3.8, 4) is 16.9 Å². The third-order valence-corrected chi connectivity index (χ3v) is 2.47. The van der Waals surface area contributed by atoms with E-state index in [0.29, 0.717) is 11.6 Å². The maximum atomic E-state index is 13.1. The molecule has 0 aliphatic rings. The molecule has 0 bridgehead atoms. The second-order valence-corrected chi connectivity index (χ2v) is 3.63. The molecule has 0 radical (unpaired) electrons. The highest BCUT2D eigenvalue weighted by molar-refractivity contribution is 7.78. The number of halogens is 1. The van der Waals surface area contributed by atoms with E-state index in [1.165, 1.54) is 19.2 Å². The Morgan fingerprint density at radius 1 is 1.33 bits per heavy atom. The minimum absolute atomic E-state index is 0.346. The van der Waals surface area contributed by atoms with E-state index in [2.05, 4.69) is 27.4 Å². The van der Waals surface area contributed by atoms with Crippen LogP contribution in [0.3, 0.4) is 0 Å². The van der Waals surface area contributed by atoms with Crippen molar-refractivity contribution < 1.29 is 9.13 Å². The monoisotopic (exact) mass is 260 g/mol. The summed E-state index contributed by atoms with van der Waals surface area (Å²) < 4.78 is 18.3. The maximum absolute atomic E-state index is 13.1. The molecule has 18 heavy (non-hydrogen) atoms. The van der Waals surface area contributed by atoms with Crippen molar-refractivity contribution in [2.75, 3.05) is 7.11 Å². The molecule has 0 saturated heterocycles. The first-order chi connectivity index (χ1) is 8.74. The number of aromatic nitrogens is 1. The van der Waals surface area contributed by atoms with Gasteiger partial charge >= 0.3 is 0 Å². The van der Waals surface area contributed by atoms with Crippen LogP contribution in [0.2, 0.25) is 0 Å². The summed E-state index contributed by atoms with van der Waals surface area (Å²) in [5.41, 5.74) is 1.59. The first kappa shape index (κ1) is 12.4. The first-order valence-electron chi connectivity index (χ1n) is 5.12. The fourth-order valence-electron chi connectivity index (χ4n) is 1.60. The van der Waals surface area contributed by atoms with Crippen molar-refractivity contribution in [2.24, 2.45) is 4.99 Å². The average molecular weight is 260 g/mol. The van der Waals surface area contributed by atoms with Crippen LogP contribution in [0.4, 0.5) is 10.2 Å². The van der Waals surface area contributed by atoms with Crippen LogP contribution in [0.25, 0.3) is 11.1 Å². The Hall–Kier alpha value is -2.10. The van der Waals surface area contributed by atoms with Crippen molar-refractivity contribution in [2.45, 2.75) is 0 Å². The van der Waals surface area contributed by atoms with Gasteiger partial charge in [0.05, 0.1) is 12.3 Å². The van der Waals surface area contributed by atoms with Crippen molar-refractivity contribution >= 4 is 23.2 Å². The van der Waals surface area contributed by atoms with Crippen LogP contribution in [0.1, 0.15) is 0 Å². The van der Waals surface area contributed by atoms with Crippen LogP contribution in [0.15, 0.2) is 41.5 Å². The number of ether oxygens (including phenoxy) is 1. The Morgan fingerprint density at radius 3 is 2.89 bits per heavy atom. The van der Waals surface area contributed by atoms with Crippen molar-refractivity contribution in [1.82, 2.24) is 4.98 Å². The van der Waals surface area contributed by atoms with Gasteiger partial charge in [0.25, 0.3) is 0 Å². The third kappa shape index (κ3) is 2.59. The summed E-state index contributed by atoms with van der Waals surface area (Å²) in [6, 6.07) is 7.87. The second-order valence-electron chi connectivity index (χ2n) is 3.45. The summed E-state index contributed by atoms with van der Waals surface area (Å²) in [4.78, 5) is 7.82. The first-order valence-corrected chi connectivity index (χ1v) is 5.53. The van der Waals surface area contributed by atoms with E-state index in [0.717, 1.165) is 11.1 Å². The molecule has 1 aromatic carbocycles. The van der Waals surface area contributed by atoms with E-state index in [1.54, 1.807) is 24.4 Å². The van der Waals surface area contributed by atoms with Crippen LogP contribution >= 0.6 is 12.2 Å². The Bertz CT molecular complexity index is 624. The summed E-state index contributed by atoms with van der Waals surface area (Å²) in [6.07, 6.45) is 1.60. The minimum atomic E-state index is -0.346. The Labute approximate surface area is 109 Å². The van der Waals surface area contributed by atoms with E-state index in [1.807, 2.05) is 0 Å². The van der Waals surface area contributed by atoms with Crippen LogP contribution in [0.5, 0.6) is 5.75 Å². The van der Waals surface area contributed by atoms with Gasteiger partial charge in [-0.2, -0.15) is 4.99 Å². The van der Waals surface area contributed by atoms with Crippen LogP contribution in [0, 0.1) is 5.82 Å². The molecule has 0 unspecified atom stereocenters. The van der Waals surface area contributed by atoms with Gasteiger partial charge in [0, 0.05) is 17.8 Å². The minimum Gasteiger partial charge on any atom is -0.496 e. The number of methoxy groups -OCH3 is 1. The van der Waals surface area contributed by atoms with Gasteiger partial charge in [0.15, 0.2) is 5.82 Å². The maximum Gasteiger partial charge on any atom is 0.163 e. The number of hydrogen-bond acceptors (Lipinski definition) is 4. The summed E-state index contributed by atoms with van der Waals surface area (Å²) in [5.74, 6) is 0.564. The van der Waals surface area contributed by atoms with Gasteiger partial charge in [-0.3, -0.25) is 0 Å². The summed E-state index contributed by atoms with van der Waals surface area (Å²) in [6.45, 7) is 0. The van der Waals surface area contributed by atoms with E-state index in [-0.39, 0.29) is 5.82 Å². The molecule has 1 aromatic heterocycles. The van der Waals surface area contributed by atoms with Crippen LogP contribution in [-0.4, -0.2) is 17.3 Å². The molecule has 0 N–H and O–H groups in total. The smallest absolute Gasteiger partial charge is 0.163 e. The fraction of sp³-hybridized carbons (Fsp3) is 0.0769. The molecule has 1 heterocycles. The lowest BCUT2D eigenvalue weighted by Crippen LogP contribution is -1.89. The lowest BCUT2D eigenvalue weighted by molar-refractivity contribution is 0.413. The SMILES string of the molecule is COc1cc(F)ccc1-c1ccnc(N=C=S)c1. The molecule has 5 heteroatoms. The number of hydrogen-bond donors (Lipinski definition) is 0. The number of benzene rings is 1. The molecule has 3 nitrogen and oxygen atoms in total. The lowest BCUT2D eigenvalue weighted by Gasteiger charge is -2.08. The van der Waals surface area contributed by atoms with E-state index in [4.69, 9.17) is 4.74 Å². The predicted octanol–water partition coefficient (Wildman–Crippen LogP) is 3.63. The van der Waals surface area contributed by atoms with Crippen LogP contribution < -0.4 is 4.74 Å². The number of thiocarbonyl (C=S) groups is 1. The number of pyridine rings is 1. The van der Waals surface area contributed by atoms with E-state index < -0.39 is 0 Å². The number of aliphatic imine (C=N–C) groups is 1. The molecule has 0 aliphatic carbocycles. The van der Waals surface area contributed by atoms with Gasteiger partial charge in [-0.1, -0.05) is 0 Å². The molecular formula is C13H9FN2OS. The average Bonchev–Trinajstić information content (AvgIpc) is 2.39. The van der Waals surface area contributed by atoms with Gasteiger partial charge in [-0.25, -0.2) is 9.37 Å². The highest BCUT2D eigenvalue weighted by Gasteiger charge is 2.07. The van der Waals surface area contributed by atoms with Gasteiger partial charge in [0.1, 0.15) is 11.6 Å². The Balaban J connectivity index is 2.54. The molecule has 0 atom stereocenters. The zero-order chi connectivity index (χ0) is 13.0. The lowest BCUT2D eigenvalue weighted by atomic mass is 10.1. The number of nitrogens with zero attached hydrogens (tertiary/aromatic N) is 2. The third-order valence-electron chi connectivity index (χ3n) is 2.38. The zero-order valence-corrected chi connectivity index (χ0v) is 10.4. The van der Waals surface area contributed by atoms with E-state index in [9.17, 15) is 4.39 Å². The Kier molecular flexibility index (Phi) is 3.77. The molecule has 0 amide bonds. The topological polar surface area (TPSA) is 34.5 Å². The normalized spacial score (nSPS) is 9.67. The number of isothiocyanates is 1. The molecule has 0 spiro atoms. The van der Waals surface area contributed by atoms with Crippen molar-refractivity contribution in [1.29, 1.82) is 0 Å². The van der Waals surface area contributed by atoms with Gasteiger partial charge < -0.3 is 4.74 Å². The molecule has 2 aromatic rings. The largest absolute Gasteiger partial charge is 0.496 e. The fourth-order valence-corrected chi connectivity index (χ4v) is 1.69. The molecular weight excluding hydrogens is 251 g/mol. The molecule has 0 saturated carbocycles. The standard InChI is InChI=1S/C13H9FN2OS/c1-17-12-7-10(14)2-3-11(12)9-4-5-15-13(6-9)16-8-18/h2-7H,1H3. The highest BCUT2D eigenvalue weighted by atomic mass is 32.1. The van der Waals surface area contributed by atoms with Gasteiger partial charge in [-0.05, 0) is 42.0 Å². The van der Waals surface area contributed by atoms with E-state index >= 15 is 0 Å². The van der Waals surface area contributed by atoms with Crippen molar-refractivity contribution in [3.05, 3.63) is 42.3 Å². The molecule has 0 aliphatic heterocycles. The summed E-state index contributed by atoms with van der Waals surface area (Å²) in [7, 11) is 1.50. The van der Waals surface area contributed by atoms with Crippen LogP contribution in [-0.2, 0) is 0 Å².